The van der Waals surface area contributed by atoms with Crippen LogP contribution in [0.5, 0.6) is 0 Å². The van der Waals surface area contributed by atoms with Crippen molar-refractivity contribution >= 4 is 0 Å². The minimum Gasteiger partial charge on any atom is -0.371 e. The summed E-state index contributed by atoms with van der Waals surface area (Å²) >= 11 is 0. The van der Waals surface area contributed by atoms with Gasteiger partial charge in [0.15, 0.2) is 0 Å². The van der Waals surface area contributed by atoms with E-state index in [-0.39, 0.29) is 6.61 Å². The molecule has 0 bridgehead atoms. The number of ether oxygens (including phenoxy) is 1. The van der Waals surface area contributed by atoms with Gasteiger partial charge in [0.2, 0.25) is 0 Å². The van der Waals surface area contributed by atoms with Crippen LogP contribution in [0.25, 0.3) is 0 Å². The van der Waals surface area contributed by atoms with E-state index in [1.165, 1.54) is 0 Å². The summed E-state index contributed by atoms with van der Waals surface area (Å²) in [4.78, 5) is 9.55. The van der Waals surface area contributed by atoms with Crippen molar-refractivity contribution in [2.75, 3.05) is 19.8 Å². The Morgan fingerprint density at radius 2 is 2.56 bits per heavy atom. The van der Waals surface area contributed by atoms with E-state index in [0.717, 1.165) is 0 Å². The second-order valence-electron chi connectivity index (χ2n) is 1.75. The fourth-order valence-corrected chi connectivity index (χ4v) is 0.635. The molecule has 0 aromatic rings. The molecule has 1 aliphatic heterocycles. The smallest absolute Gasteiger partial charge is 0.304 e. The van der Waals surface area contributed by atoms with Crippen LogP contribution in [0, 0.1) is 10.1 Å². The quantitative estimate of drug-likeness (QED) is 0.346. The molecule has 0 amide bonds. The van der Waals surface area contributed by atoms with Crippen LogP contribution >= 0.6 is 0 Å². The lowest BCUT2D eigenvalue weighted by atomic mass is 10.4. The highest BCUT2D eigenvalue weighted by Gasteiger charge is 2.23. The standard InChI is InChI=1S/C4H7N2O3/c7-6(8)4-3-9-2-1-5-4/h4H,1-3H2. The lowest BCUT2D eigenvalue weighted by molar-refractivity contribution is -0.537. The number of nitrogens with zero attached hydrogens (tertiary/aromatic N) is 2. The van der Waals surface area contributed by atoms with Gasteiger partial charge in [0, 0.05) is 11.5 Å². The SMILES string of the molecule is O=[N+]([O-])C1COCC[N]1. The number of hydrogen-bond donors (Lipinski definition) is 0. The maximum Gasteiger partial charge on any atom is 0.304 e. The summed E-state index contributed by atoms with van der Waals surface area (Å²) in [5.74, 6) is 0. The van der Waals surface area contributed by atoms with E-state index < -0.39 is 11.1 Å². The number of rotatable bonds is 1. The van der Waals surface area contributed by atoms with E-state index in [1.807, 2.05) is 0 Å². The van der Waals surface area contributed by atoms with Gasteiger partial charge in [-0.25, -0.2) is 0 Å². The fraction of sp³-hybridized carbons (Fsp3) is 1.00. The van der Waals surface area contributed by atoms with Crippen molar-refractivity contribution in [2.24, 2.45) is 0 Å². The van der Waals surface area contributed by atoms with Crippen LogP contribution in [0.1, 0.15) is 0 Å². The molecule has 0 aliphatic carbocycles. The molecular weight excluding hydrogens is 124 g/mol. The molecule has 1 atom stereocenters. The number of morpholine rings is 1. The first-order valence-electron chi connectivity index (χ1n) is 2.68. The van der Waals surface area contributed by atoms with Crippen molar-refractivity contribution in [3.05, 3.63) is 10.1 Å². The second-order valence-corrected chi connectivity index (χ2v) is 1.75. The second kappa shape index (κ2) is 2.75. The van der Waals surface area contributed by atoms with Crippen molar-refractivity contribution < 1.29 is 9.66 Å². The Labute approximate surface area is 52.1 Å². The summed E-state index contributed by atoms with van der Waals surface area (Å²) in [6, 6.07) is 0. The summed E-state index contributed by atoms with van der Waals surface area (Å²) in [6.45, 7) is 1.10. The fourth-order valence-electron chi connectivity index (χ4n) is 0.635. The lowest BCUT2D eigenvalue weighted by Gasteiger charge is -2.14. The summed E-state index contributed by atoms with van der Waals surface area (Å²) in [5.41, 5.74) is 0. The monoisotopic (exact) mass is 131 g/mol. The van der Waals surface area contributed by atoms with Crippen molar-refractivity contribution in [3.63, 3.8) is 0 Å². The number of hydrogen-bond acceptors (Lipinski definition) is 3. The maximum atomic E-state index is 9.99. The molecule has 1 heterocycles. The van der Waals surface area contributed by atoms with Crippen LogP contribution in [-0.2, 0) is 4.74 Å². The summed E-state index contributed by atoms with van der Waals surface area (Å²) < 4.78 is 4.81. The third kappa shape index (κ3) is 1.62. The third-order valence-corrected chi connectivity index (χ3v) is 1.09. The molecule has 1 fully saturated rings. The zero-order valence-electron chi connectivity index (χ0n) is 4.82. The highest BCUT2D eigenvalue weighted by Crippen LogP contribution is 1.94. The number of nitro groups is 1. The van der Waals surface area contributed by atoms with Crippen LogP contribution in [0.4, 0.5) is 0 Å². The van der Waals surface area contributed by atoms with E-state index >= 15 is 0 Å². The Bertz CT molecular complexity index is 110. The van der Waals surface area contributed by atoms with Gasteiger partial charge in [0.05, 0.1) is 6.61 Å². The van der Waals surface area contributed by atoms with Crippen molar-refractivity contribution in [3.8, 4) is 0 Å². The normalized spacial score (nSPS) is 27.8. The Morgan fingerprint density at radius 1 is 1.78 bits per heavy atom. The minimum atomic E-state index is -0.821. The zero-order valence-corrected chi connectivity index (χ0v) is 4.82. The maximum absolute atomic E-state index is 9.99. The van der Waals surface area contributed by atoms with Crippen LogP contribution in [-0.4, -0.2) is 30.8 Å². The van der Waals surface area contributed by atoms with E-state index in [2.05, 4.69) is 5.32 Å². The summed E-state index contributed by atoms with van der Waals surface area (Å²) in [5, 5.41) is 13.7. The summed E-state index contributed by atoms with van der Waals surface area (Å²) in [6.07, 6.45) is -0.821. The van der Waals surface area contributed by atoms with Crippen LogP contribution < -0.4 is 5.32 Å². The van der Waals surface area contributed by atoms with E-state index in [1.54, 1.807) is 0 Å². The molecule has 1 unspecified atom stereocenters. The van der Waals surface area contributed by atoms with E-state index in [9.17, 15) is 10.1 Å². The first kappa shape index (κ1) is 6.44. The average Bonchev–Trinajstić information content (AvgIpc) is 1.90. The van der Waals surface area contributed by atoms with Crippen molar-refractivity contribution in [1.29, 1.82) is 0 Å². The Morgan fingerprint density at radius 3 is 2.89 bits per heavy atom. The predicted molar refractivity (Wildman–Crippen MR) is 28.6 cm³/mol. The lowest BCUT2D eigenvalue weighted by Crippen LogP contribution is -2.41. The van der Waals surface area contributed by atoms with Gasteiger partial charge in [-0.2, -0.15) is 5.32 Å². The van der Waals surface area contributed by atoms with Gasteiger partial charge in [0.25, 0.3) is 0 Å². The highest BCUT2D eigenvalue weighted by molar-refractivity contribution is 4.57. The molecule has 0 N–H and O–H groups in total. The Kier molecular flexibility index (Phi) is 1.96. The molecule has 0 spiro atoms. The van der Waals surface area contributed by atoms with Gasteiger partial charge in [-0.05, 0) is 0 Å². The molecule has 1 saturated heterocycles. The van der Waals surface area contributed by atoms with Crippen LogP contribution in [0.2, 0.25) is 0 Å². The van der Waals surface area contributed by atoms with Crippen molar-refractivity contribution in [2.45, 2.75) is 6.17 Å². The molecular formula is C4H7N2O3. The molecule has 51 valence electrons. The van der Waals surface area contributed by atoms with Crippen molar-refractivity contribution in [1.82, 2.24) is 5.32 Å². The molecule has 5 nitrogen and oxygen atoms in total. The predicted octanol–water partition coefficient (Wildman–Crippen LogP) is -0.776. The first-order chi connectivity index (χ1) is 4.30. The third-order valence-electron chi connectivity index (χ3n) is 1.09. The van der Waals surface area contributed by atoms with Gasteiger partial charge in [-0.3, -0.25) is 10.1 Å². The van der Waals surface area contributed by atoms with Gasteiger partial charge in [-0.1, -0.05) is 0 Å². The minimum absolute atomic E-state index is 0.132. The van der Waals surface area contributed by atoms with Gasteiger partial charge in [0.1, 0.15) is 6.61 Å². The molecule has 1 radical (unpaired) electrons. The molecule has 1 aliphatic rings. The van der Waals surface area contributed by atoms with Gasteiger partial charge in [-0.15, -0.1) is 0 Å². The van der Waals surface area contributed by atoms with Gasteiger partial charge < -0.3 is 4.74 Å². The molecule has 0 saturated carbocycles. The van der Waals surface area contributed by atoms with Gasteiger partial charge >= 0.3 is 6.17 Å². The molecule has 0 aromatic heterocycles. The highest BCUT2D eigenvalue weighted by atomic mass is 16.6. The summed E-state index contributed by atoms with van der Waals surface area (Å²) in [7, 11) is 0. The van der Waals surface area contributed by atoms with Crippen LogP contribution in [0.3, 0.4) is 0 Å². The molecule has 9 heavy (non-hydrogen) atoms. The van der Waals surface area contributed by atoms with Crippen LogP contribution in [0.15, 0.2) is 0 Å². The molecule has 5 heteroatoms. The molecule has 0 aromatic carbocycles. The van der Waals surface area contributed by atoms with E-state index in [0.29, 0.717) is 13.2 Å². The molecule has 1 rings (SSSR count). The Hall–Kier alpha value is -0.680. The topological polar surface area (TPSA) is 66.5 Å². The van der Waals surface area contributed by atoms with E-state index in [4.69, 9.17) is 4.74 Å². The Balaban J connectivity index is 2.31. The zero-order chi connectivity index (χ0) is 6.69. The largest absolute Gasteiger partial charge is 0.371 e. The first-order valence-corrected chi connectivity index (χ1v) is 2.68. The average molecular weight is 131 g/mol.